The molecule has 12 rings (SSSR count). The van der Waals surface area contributed by atoms with Gasteiger partial charge < -0.3 is 9.13 Å². The summed E-state index contributed by atoms with van der Waals surface area (Å²) in [6, 6.07) is 48.6. The Morgan fingerprint density at radius 3 is 1.77 bits per heavy atom. The van der Waals surface area contributed by atoms with Crippen LogP contribution in [0.15, 0.2) is 182 Å². The number of rotatable bonds is 5. The molecule has 2 aliphatic rings. The molecule has 0 saturated heterocycles. The first-order chi connectivity index (χ1) is 27.8. The van der Waals surface area contributed by atoms with Crippen molar-refractivity contribution in [1.82, 2.24) is 28.8 Å². The van der Waals surface area contributed by atoms with Crippen LogP contribution in [0, 0.1) is 0 Å². The van der Waals surface area contributed by atoms with Crippen molar-refractivity contribution >= 4 is 56.0 Å². The van der Waals surface area contributed by atoms with Crippen LogP contribution in [0.5, 0.6) is 0 Å². The molecule has 1 unspecified atom stereocenters. The maximum Gasteiger partial charge on any atom is 0.297 e. The van der Waals surface area contributed by atoms with Gasteiger partial charge in [0.2, 0.25) is 0 Å². The van der Waals surface area contributed by atoms with Crippen molar-refractivity contribution in [2.75, 3.05) is 0 Å². The van der Waals surface area contributed by atoms with Crippen molar-refractivity contribution in [1.29, 1.82) is 0 Å². The molecule has 1 aliphatic heterocycles. The molecule has 260 valence electrons. The van der Waals surface area contributed by atoms with E-state index in [2.05, 4.69) is 168 Å². The summed E-state index contributed by atoms with van der Waals surface area (Å²) in [4.78, 5) is 13.2. The Hall–Kier alpha value is -7.66. The van der Waals surface area contributed by atoms with Gasteiger partial charge >= 0.3 is 0 Å². The van der Waals surface area contributed by atoms with Gasteiger partial charge in [0.15, 0.2) is 0 Å². The highest BCUT2D eigenvalue weighted by Crippen LogP contribution is 2.59. The summed E-state index contributed by atoms with van der Waals surface area (Å²) >= 11 is 0. The number of benzene rings is 5. The highest BCUT2D eigenvalue weighted by atomic mass is 15.0. The minimum Gasteiger partial charge on any atom is -0.309 e. The molecule has 6 heterocycles. The summed E-state index contributed by atoms with van der Waals surface area (Å²) in [5.74, 6) is 0. The molecule has 0 N–H and O–H groups in total. The first-order valence-corrected chi connectivity index (χ1v) is 18.8. The fraction of sp³-hybridized carbons (Fsp3) is 0.0200. The molecule has 0 amide bonds. The molecule has 0 spiro atoms. The van der Waals surface area contributed by atoms with E-state index in [9.17, 15) is 0 Å². The summed E-state index contributed by atoms with van der Waals surface area (Å²) in [5.41, 5.74) is 15.9. The van der Waals surface area contributed by atoms with Crippen molar-refractivity contribution in [3.05, 3.63) is 199 Å². The largest absolute Gasteiger partial charge is 0.309 e. The predicted molar refractivity (Wildman–Crippen MR) is 228 cm³/mol. The summed E-state index contributed by atoms with van der Waals surface area (Å²) < 4.78 is 9.34. The Morgan fingerprint density at radius 2 is 1.09 bits per heavy atom. The van der Waals surface area contributed by atoms with Gasteiger partial charge in [-0.05, 0) is 99.6 Å². The van der Waals surface area contributed by atoms with Gasteiger partial charge in [0.05, 0.1) is 33.1 Å². The van der Waals surface area contributed by atoms with Crippen molar-refractivity contribution < 1.29 is 0 Å². The Balaban J connectivity index is 1.01. The van der Waals surface area contributed by atoms with E-state index < -0.39 is 5.41 Å². The molecule has 6 heteroatoms. The van der Waals surface area contributed by atoms with Crippen LogP contribution in [-0.2, 0) is 5.41 Å². The highest BCUT2D eigenvalue weighted by Gasteiger charge is 2.50. The Morgan fingerprint density at radius 1 is 0.482 bits per heavy atom. The zero-order valence-corrected chi connectivity index (χ0v) is 30.1. The Bertz CT molecular complexity index is 3270. The van der Waals surface area contributed by atoms with Gasteiger partial charge in [0, 0.05) is 76.2 Å². The van der Waals surface area contributed by atoms with E-state index in [0.717, 1.165) is 49.9 Å². The van der Waals surface area contributed by atoms with Gasteiger partial charge in [0.1, 0.15) is 0 Å². The minimum atomic E-state index is -0.567. The van der Waals surface area contributed by atoms with E-state index >= 15 is 0 Å². The average Bonchev–Trinajstić information content (AvgIpc) is 4.06. The van der Waals surface area contributed by atoms with Crippen molar-refractivity contribution in [3.8, 4) is 33.6 Å². The van der Waals surface area contributed by atoms with Gasteiger partial charge in [-0.25, -0.2) is 0 Å². The predicted octanol–water partition coefficient (Wildman–Crippen LogP) is 10.2. The number of hydrogen-bond donors (Lipinski definition) is 0. The molecule has 1 atom stereocenters. The van der Waals surface area contributed by atoms with Gasteiger partial charge in [-0.1, -0.05) is 72.8 Å². The second-order valence-corrected chi connectivity index (χ2v) is 14.5. The molecule has 56 heavy (non-hydrogen) atoms. The molecule has 1 aliphatic carbocycles. The van der Waals surface area contributed by atoms with Gasteiger partial charge in [-0.15, -0.1) is 4.67 Å². The molecule has 0 fully saturated rings. The Labute approximate surface area is 321 Å². The molecular formula is C50H31N6+. The summed E-state index contributed by atoms with van der Waals surface area (Å²) in [6.45, 7) is 0. The lowest BCUT2D eigenvalue weighted by molar-refractivity contribution is 0.788. The van der Waals surface area contributed by atoms with E-state index in [0.29, 0.717) is 0 Å². The van der Waals surface area contributed by atoms with Crippen LogP contribution < -0.4 is 4.67 Å². The van der Waals surface area contributed by atoms with Crippen LogP contribution in [0.1, 0.15) is 16.7 Å². The number of para-hydroxylation sites is 1. The van der Waals surface area contributed by atoms with Crippen LogP contribution in [0.2, 0.25) is 0 Å². The smallest absolute Gasteiger partial charge is 0.297 e. The minimum absolute atomic E-state index is 0.567. The van der Waals surface area contributed by atoms with E-state index in [4.69, 9.17) is 0 Å². The molecular weight excluding hydrogens is 685 g/mol. The third-order valence-corrected chi connectivity index (χ3v) is 11.9. The van der Waals surface area contributed by atoms with E-state index in [1.54, 1.807) is 0 Å². The molecule has 0 radical (unpaired) electrons. The third-order valence-electron chi connectivity index (χ3n) is 11.9. The number of hydrogen-bond acceptors (Lipinski definition) is 3. The van der Waals surface area contributed by atoms with Gasteiger partial charge in [-0.2, -0.15) is 0 Å². The first-order valence-electron chi connectivity index (χ1n) is 18.8. The standard InChI is InChI=1S/C50H31N6/c1-3-7-43-38(5-1)39-17-18-47-48(49(39)50(43,35-21-26-52-29-35)34-19-24-51-25-20-34)40-6-2-4-8-44(40)56(47)37-15-11-33(12-16-37)32-9-13-36(14-10-32)55-45-22-27-53-30-41(45)42-31-54-28-23-46(42)55/h1-31H/q+1. The van der Waals surface area contributed by atoms with Crippen LogP contribution >= 0.6 is 0 Å². The Kier molecular flexibility index (Phi) is 6.41. The zero-order chi connectivity index (χ0) is 36.8. The first kappa shape index (κ1) is 30.8. The normalized spacial score (nSPS) is 15.6. The number of fused-ring (bicyclic) bond motifs is 10. The fourth-order valence-electron chi connectivity index (χ4n) is 9.61. The number of aromatic nitrogens is 5. The van der Waals surface area contributed by atoms with Crippen molar-refractivity contribution in [2.24, 2.45) is 0 Å². The lowest BCUT2D eigenvalue weighted by Crippen LogP contribution is -2.30. The zero-order valence-electron chi connectivity index (χ0n) is 30.1. The lowest BCUT2D eigenvalue weighted by Gasteiger charge is -2.32. The topological polar surface area (TPSA) is 62.6 Å². The average molecular weight is 716 g/mol. The second-order valence-electron chi connectivity index (χ2n) is 14.5. The quantitative estimate of drug-likeness (QED) is 0.167. The van der Waals surface area contributed by atoms with Crippen LogP contribution in [0.3, 0.4) is 0 Å². The third kappa shape index (κ3) is 4.10. The van der Waals surface area contributed by atoms with Crippen molar-refractivity contribution in [2.45, 2.75) is 5.41 Å². The van der Waals surface area contributed by atoms with Gasteiger partial charge in [-0.3, -0.25) is 15.0 Å². The lowest BCUT2D eigenvalue weighted by atomic mass is 9.67. The molecule has 6 nitrogen and oxygen atoms in total. The highest BCUT2D eigenvalue weighted by molar-refractivity contribution is 6.16. The van der Waals surface area contributed by atoms with Crippen LogP contribution in [0.4, 0.5) is 0 Å². The number of allylic oxidation sites excluding steroid dienone is 2. The second kappa shape index (κ2) is 11.7. The fourth-order valence-corrected chi connectivity index (χ4v) is 9.61. The van der Waals surface area contributed by atoms with E-state index in [1.165, 1.54) is 49.6 Å². The van der Waals surface area contributed by atoms with E-state index in [-0.39, 0.29) is 0 Å². The molecule has 5 aromatic heterocycles. The summed E-state index contributed by atoms with van der Waals surface area (Å²) in [7, 11) is 0. The maximum absolute atomic E-state index is 4.63. The monoisotopic (exact) mass is 715 g/mol. The van der Waals surface area contributed by atoms with Crippen molar-refractivity contribution in [3.63, 3.8) is 0 Å². The molecule has 0 bridgehead atoms. The molecule has 0 saturated carbocycles. The number of nitrogens with zero attached hydrogens (tertiary/aromatic N) is 6. The van der Waals surface area contributed by atoms with E-state index in [1.807, 2.05) is 49.6 Å². The van der Waals surface area contributed by atoms with Crippen LogP contribution in [0.25, 0.3) is 77.2 Å². The number of pyridine rings is 3. The molecule has 5 aromatic carbocycles. The van der Waals surface area contributed by atoms with Crippen LogP contribution in [-0.4, -0.2) is 36.5 Å². The summed E-state index contributed by atoms with van der Waals surface area (Å²) in [6.07, 6.45) is 17.5. The maximum atomic E-state index is 4.63. The van der Waals surface area contributed by atoms with Gasteiger partial charge in [0.25, 0.3) is 12.4 Å². The summed E-state index contributed by atoms with van der Waals surface area (Å²) in [5, 5.41) is 4.67. The molecule has 10 aromatic rings. The SMILES string of the molecule is C1=[N+]=CC(C2(c3ccncc3)c3ccccc3-c3ccc4c(c32)c2ccccc2n4-c2ccc(-c3ccc(-n4c5ccncc5c5cnccc54)cc3)cc2)=C1.